The van der Waals surface area contributed by atoms with Crippen LogP contribution in [-0.2, 0) is 0 Å². The van der Waals surface area contributed by atoms with Crippen molar-refractivity contribution < 1.29 is 4.42 Å². The summed E-state index contributed by atoms with van der Waals surface area (Å²) in [6, 6.07) is 65.8. The van der Waals surface area contributed by atoms with E-state index in [1.165, 1.54) is 42.4 Å². The first-order chi connectivity index (χ1) is 27.7. The van der Waals surface area contributed by atoms with Gasteiger partial charge in [0.1, 0.15) is 11.2 Å². The van der Waals surface area contributed by atoms with Gasteiger partial charge in [0, 0.05) is 47.6 Å². The third-order valence-corrected chi connectivity index (χ3v) is 11.7. The fourth-order valence-electron chi connectivity index (χ4n) is 7.95. The Bertz CT molecular complexity index is 3180. The molecule has 0 radical (unpaired) electrons. The van der Waals surface area contributed by atoms with Crippen LogP contribution in [0.4, 0.5) is 0 Å². The fourth-order valence-corrected chi connectivity index (χ4v) is 9.12. The van der Waals surface area contributed by atoms with Crippen LogP contribution in [0.25, 0.3) is 110 Å². The highest BCUT2D eigenvalue weighted by molar-refractivity contribution is 7.26. The van der Waals surface area contributed by atoms with Gasteiger partial charge in [-0.15, -0.1) is 11.3 Å². The van der Waals surface area contributed by atoms with Gasteiger partial charge in [-0.05, 0) is 63.7 Å². The Balaban J connectivity index is 1.08. The summed E-state index contributed by atoms with van der Waals surface area (Å²) in [5.74, 6) is 1.96. The van der Waals surface area contributed by atoms with Gasteiger partial charge < -0.3 is 4.42 Å². The Kier molecular flexibility index (Phi) is 7.64. The molecule has 0 unspecified atom stereocenters. The average Bonchev–Trinajstić information content (AvgIpc) is 3.85. The smallest absolute Gasteiger partial charge is 0.164 e. The molecule has 3 aromatic heterocycles. The van der Waals surface area contributed by atoms with Crippen LogP contribution >= 0.6 is 11.3 Å². The number of fused-ring (bicyclic) bond motifs is 6. The Morgan fingerprint density at radius 3 is 1.64 bits per heavy atom. The van der Waals surface area contributed by atoms with Crippen molar-refractivity contribution in [3.05, 3.63) is 188 Å². The first-order valence-electron chi connectivity index (χ1n) is 18.7. The number of aromatic nitrogens is 3. The fraction of sp³-hybridized carbons (Fsp3) is 0. The van der Waals surface area contributed by atoms with Crippen LogP contribution in [0.5, 0.6) is 0 Å². The van der Waals surface area contributed by atoms with E-state index in [0.717, 1.165) is 49.8 Å². The molecule has 11 aromatic rings. The van der Waals surface area contributed by atoms with Gasteiger partial charge in [-0.2, -0.15) is 0 Å². The summed E-state index contributed by atoms with van der Waals surface area (Å²) in [6.45, 7) is 0. The highest BCUT2D eigenvalue weighted by atomic mass is 32.1. The summed E-state index contributed by atoms with van der Waals surface area (Å²) < 4.78 is 8.70. The van der Waals surface area contributed by atoms with Gasteiger partial charge in [0.25, 0.3) is 0 Å². The highest BCUT2D eigenvalue weighted by Crippen LogP contribution is 2.46. The molecule has 4 nitrogen and oxygen atoms in total. The Labute approximate surface area is 327 Å². The van der Waals surface area contributed by atoms with E-state index in [4.69, 9.17) is 19.4 Å². The van der Waals surface area contributed by atoms with E-state index < -0.39 is 0 Å². The number of benzene rings is 8. The lowest BCUT2D eigenvalue weighted by molar-refractivity contribution is 0.669. The van der Waals surface area contributed by atoms with Crippen molar-refractivity contribution in [2.75, 3.05) is 0 Å². The molecule has 11 rings (SSSR count). The molecule has 0 saturated carbocycles. The molecule has 0 bridgehead atoms. The van der Waals surface area contributed by atoms with E-state index in [2.05, 4.69) is 115 Å². The first-order valence-corrected chi connectivity index (χ1v) is 19.5. The highest BCUT2D eigenvalue weighted by Gasteiger charge is 2.19. The summed E-state index contributed by atoms with van der Waals surface area (Å²) in [4.78, 5) is 14.9. The van der Waals surface area contributed by atoms with Gasteiger partial charge in [0.05, 0.1) is 0 Å². The predicted molar refractivity (Wildman–Crippen MR) is 233 cm³/mol. The molecule has 0 fully saturated rings. The van der Waals surface area contributed by atoms with E-state index in [9.17, 15) is 0 Å². The van der Waals surface area contributed by atoms with Gasteiger partial charge in [-0.3, -0.25) is 0 Å². The number of thiophene rings is 1. The number of hydrogen-bond acceptors (Lipinski definition) is 5. The van der Waals surface area contributed by atoms with E-state index in [1.807, 2.05) is 72.8 Å². The molecule has 56 heavy (non-hydrogen) atoms. The van der Waals surface area contributed by atoms with Crippen molar-refractivity contribution >= 4 is 53.4 Å². The van der Waals surface area contributed by atoms with Crippen molar-refractivity contribution in [2.24, 2.45) is 0 Å². The lowest BCUT2D eigenvalue weighted by Gasteiger charge is -2.15. The van der Waals surface area contributed by atoms with Crippen LogP contribution in [0.3, 0.4) is 0 Å². The molecule has 0 N–H and O–H groups in total. The minimum Gasteiger partial charge on any atom is -0.456 e. The number of rotatable bonds is 6. The van der Waals surface area contributed by atoms with Crippen LogP contribution in [0.2, 0.25) is 0 Å². The van der Waals surface area contributed by atoms with Crippen molar-refractivity contribution in [2.45, 2.75) is 0 Å². The molecule has 0 aliphatic rings. The van der Waals surface area contributed by atoms with E-state index >= 15 is 0 Å². The topological polar surface area (TPSA) is 51.8 Å². The largest absolute Gasteiger partial charge is 0.456 e. The van der Waals surface area contributed by atoms with E-state index in [1.54, 1.807) is 11.3 Å². The summed E-state index contributed by atoms with van der Waals surface area (Å²) in [6.07, 6.45) is 0. The number of hydrogen-bond donors (Lipinski definition) is 0. The van der Waals surface area contributed by atoms with E-state index in [-0.39, 0.29) is 0 Å². The standard InChI is InChI=1S/C51H31N3OS/c1-4-14-32(15-5-1)42-30-35(37-21-12-24-44-47(37)40-20-10-11-23-43(40)55-44)26-28-38(42)39-22-13-25-45-48(39)41-29-27-36(31-46(41)56-45)51-53-49(33-16-6-2-7-17-33)52-50(54-51)34-18-8-3-9-19-34/h1-31H. The molecule has 0 aliphatic carbocycles. The SMILES string of the molecule is c1ccc(-c2nc(-c3ccccc3)nc(-c3ccc4c(c3)sc3cccc(-c5ccc(-c6cccc7oc8ccccc8c67)cc5-c5ccccc5)c34)n2)cc1. The summed E-state index contributed by atoms with van der Waals surface area (Å²) in [5.41, 5.74) is 11.7. The molecule has 5 heteroatoms. The maximum atomic E-state index is 6.28. The molecule has 0 amide bonds. The molecular formula is C51H31N3OS. The number of para-hydroxylation sites is 1. The molecule has 0 saturated heterocycles. The molecule has 0 atom stereocenters. The van der Waals surface area contributed by atoms with E-state index in [0.29, 0.717) is 17.5 Å². The van der Waals surface area contributed by atoms with Gasteiger partial charge >= 0.3 is 0 Å². The zero-order valence-corrected chi connectivity index (χ0v) is 30.9. The second-order valence-electron chi connectivity index (χ2n) is 13.9. The molecular weight excluding hydrogens is 703 g/mol. The van der Waals surface area contributed by atoms with Gasteiger partial charge in [0.15, 0.2) is 17.5 Å². The Morgan fingerprint density at radius 1 is 0.321 bits per heavy atom. The predicted octanol–water partition coefficient (Wildman–Crippen LogP) is 14.1. The lowest BCUT2D eigenvalue weighted by Crippen LogP contribution is -1.99. The average molecular weight is 734 g/mol. The molecule has 262 valence electrons. The van der Waals surface area contributed by atoms with Gasteiger partial charge in [0.2, 0.25) is 0 Å². The normalized spacial score (nSPS) is 11.6. The third kappa shape index (κ3) is 5.48. The van der Waals surface area contributed by atoms with Gasteiger partial charge in [-0.25, -0.2) is 15.0 Å². The van der Waals surface area contributed by atoms with Crippen LogP contribution in [0.15, 0.2) is 192 Å². The Morgan fingerprint density at radius 2 is 0.911 bits per heavy atom. The maximum Gasteiger partial charge on any atom is 0.164 e. The zero-order chi connectivity index (χ0) is 37.0. The second kappa shape index (κ2) is 13.3. The lowest BCUT2D eigenvalue weighted by atomic mass is 9.88. The zero-order valence-electron chi connectivity index (χ0n) is 30.1. The first kappa shape index (κ1) is 32.2. The minimum absolute atomic E-state index is 0.652. The molecule has 3 heterocycles. The van der Waals surface area contributed by atoms with Crippen molar-refractivity contribution in [3.63, 3.8) is 0 Å². The monoisotopic (exact) mass is 733 g/mol. The summed E-state index contributed by atoms with van der Waals surface area (Å²) in [7, 11) is 0. The number of nitrogens with zero attached hydrogens (tertiary/aromatic N) is 3. The molecule has 0 aliphatic heterocycles. The quantitative estimate of drug-likeness (QED) is 0.171. The van der Waals surface area contributed by atoms with Crippen molar-refractivity contribution in [3.8, 4) is 67.5 Å². The Hall–Kier alpha value is -7.21. The minimum atomic E-state index is 0.652. The third-order valence-electron chi connectivity index (χ3n) is 10.6. The second-order valence-corrected chi connectivity index (χ2v) is 15.0. The molecule has 0 spiro atoms. The van der Waals surface area contributed by atoms with Crippen LogP contribution in [-0.4, -0.2) is 15.0 Å². The molecule has 8 aromatic carbocycles. The number of furan rings is 1. The summed E-state index contributed by atoms with van der Waals surface area (Å²) in [5, 5.41) is 4.73. The van der Waals surface area contributed by atoms with Crippen LogP contribution in [0.1, 0.15) is 0 Å². The van der Waals surface area contributed by atoms with Gasteiger partial charge in [-0.1, -0.05) is 158 Å². The maximum absolute atomic E-state index is 6.28. The van der Waals surface area contributed by atoms with Crippen molar-refractivity contribution in [1.82, 2.24) is 15.0 Å². The van der Waals surface area contributed by atoms with Crippen molar-refractivity contribution in [1.29, 1.82) is 0 Å². The van der Waals surface area contributed by atoms with Crippen LogP contribution in [0, 0.1) is 0 Å². The van der Waals surface area contributed by atoms with Crippen LogP contribution < -0.4 is 0 Å². The summed E-state index contributed by atoms with van der Waals surface area (Å²) >= 11 is 1.80.